The zero-order valence-electron chi connectivity index (χ0n) is 21.3. The monoisotopic (exact) mass is 530 g/mol. The Morgan fingerprint density at radius 2 is 1.83 bits per heavy atom. The number of nitrogens with two attached hydrogens (primary N) is 1. The standard InChI is InChI=1S/C26H34N4O4S2/c1-25(2)11-17-12-26(3,14-25)15-30(17)36(33,34)18-7-5-16(6-8-18)23(32)28-24-21(22(27)31)19-9-10-29(4)13-20(19)35-24/h5-8,17H,9-15H2,1-4H3,(H2,27,31)(H,28,32)/t17-,26+/m1/s1. The van der Waals surface area contributed by atoms with Crippen LogP contribution in [0.15, 0.2) is 29.2 Å². The summed E-state index contributed by atoms with van der Waals surface area (Å²) >= 11 is 1.37. The van der Waals surface area contributed by atoms with Gasteiger partial charge >= 0.3 is 0 Å². The minimum absolute atomic E-state index is 0.00264. The molecular weight excluding hydrogens is 496 g/mol. The van der Waals surface area contributed by atoms with Crippen LogP contribution in [0, 0.1) is 10.8 Å². The van der Waals surface area contributed by atoms with Gasteiger partial charge in [-0.25, -0.2) is 8.42 Å². The highest BCUT2D eigenvalue weighted by Crippen LogP contribution is 2.53. The second kappa shape index (κ2) is 8.65. The van der Waals surface area contributed by atoms with Crippen molar-refractivity contribution in [1.29, 1.82) is 0 Å². The van der Waals surface area contributed by atoms with Gasteiger partial charge in [0.25, 0.3) is 11.8 Å². The first-order valence-electron chi connectivity index (χ1n) is 12.3. The number of rotatable bonds is 5. The second-order valence-electron chi connectivity index (χ2n) is 11.8. The van der Waals surface area contributed by atoms with Crippen molar-refractivity contribution in [3.05, 3.63) is 45.8 Å². The smallest absolute Gasteiger partial charge is 0.256 e. The predicted octanol–water partition coefficient (Wildman–Crippen LogP) is 3.68. The molecule has 5 rings (SSSR count). The highest BCUT2D eigenvalue weighted by Gasteiger charge is 2.53. The van der Waals surface area contributed by atoms with E-state index in [1.165, 1.54) is 35.6 Å². The van der Waals surface area contributed by atoms with Crippen molar-refractivity contribution in [2.45, 2.75) is 63.9 Å². The summed E-state index contributed by atoms with van der Waals surface area (Å²) in [5, 5.41) is 3.29. The molecule has 194 valence electrons. The molecular formula is C26H34N4O4S2. The number of likely N-dealkylation sites (N-methyl/N-ethyl adjacent to an activating group) is 1. The number of hydrogen-bond donors (Lipinski definition) is 2. The third-order valence-corrected chi connectivity index (χ3v) is 10.9. The van der Waals surface area contributed by atoms with E-state index in [1.54, 1.807) is 4.31 Å². The summed E-state index contributed by atoms with van der Waals surface area (Å²) < 4.78 is 28.7. The van der Waals surface area contributed by atoms with Gasteiger partial charge in [0.1, 0.15) is 5.00 Å². The first-order chi connectivity index (χ1) is 16.8. The molecule has 0 spiro atoms. The fourth-order valence-electron chi connectivity index (χ4n) is 6.66. The predicted molar refractivity (Wildman–Crippen MR) is 141 cm³/mol. The third kappa shape index (κ3) is 4.49. The molecule has 2 bridgehead atoms. The summed E-state index contributed by atoms with van der Waals surface area (Å²) in [5.74, 6) is -0.957. The van der Waals surface area contributed by atoms with E-state index >= 15 is 0 Å². The lowest BCUT2D eigenvalue weighted by atomic mass is 9.65. The number of benzene rings is 1. The number of thiophene rings is 1. The van der Waals surface area contributed by atoms with Gasteiger partial charge in [0.15, 0.2) is 0 Å². The summed E-state index contributed by atoms with van der Waals surface area (Å²) in [5.41, 5.74) is 7.38. The van der Waals surface area contributed by atoms with Crippen molar-refractivity contribution in [3.63, 3.8) is 0 Å². The SMILES string of the molecule is CN1CCc2c(sc(NC(=O)c3ccc(S(=O)(=O)N4C[C@@]5(C)C[C@H]4CC(C)(C)C5)cc3)c2C(N)=O)C1. The number of carbonyl (C=O) groups is 2. The van der Waals surface area contributed by atoms with Gasteiger partial charge in [-0.1, -0.05) is 20.8 Å². The number of sulfonamides is 1. The number of nitrogens with zero attached hydrogens (tertiary/aromatic N) is 2. The molecule has 2 fully saturated rings. The van der Waals surface area contributed by atoms with Gasteiger partial charge in [-0.3, -0.25) is 9.59 Å². The molecule has 8 nitrogen and oxygen atoms in total. The van der Waals surface area contributed by atoms with Crippen LogP contribution in [0.5, 0.6) is 0 Å². The van der Waals surface area contributed by atoms with Crippen LogP contribution < -0.4 is 11.1 Å². The fraction of sp³-hybridized carbons (Fsp3) is 0.538. The molecule has 36 heavy (non-hydrogen) atoms. The molecule has 1 saturated carbocycles. The average molecular weight is 531 g/mol. The summed E-state index contributed by atoms with van der Waals surface area (Å²) in [7, 11) is -1.66. The minimum atomic E-state index is -3.67. The van der Waals surface area contributed by atoms with E-state index in [2.05, 4.69) is 31.0 Å². The van der Waals surface area contributed by atoms with Gasteiger partial charge in [0.2, 0.25) is 10.0 Å². The highest BCUT2D eigenvalue weighted by molar-refractivity contribution is 7.89. The van der Waals surface area contributed by atoms with Crippen molar-refractivity contribution < 1.29 is 18.0 Å². The van der Waals surface area contributed by atoms with Gasteiger partial charge < -0.3 is 16.0 Å². The molecule has 3 aliphatic rings. The summed E-state index contributed by atoms with van der Waals surface area (Å²) in [6, 6.07) is 6.07. The van der Waals surface area contributed by atoms with Crippen LogP contribution in [0.3, 0.4) is 0 Å². The van der Waals surface area contributed by atoms with E-state index in [0.717, 1.165) is 36.2 Å². The van der Waals surface area contributed by atoms with Gasteiger partial charge in [-0.05, 0) is 73.4 Å². The number of nitrogens with one attached hydrogen (secondary N) is 1. The molecule has 1 aromatic carbocycles. The lowest BCUT2D eigenvalue weighted by Gasteiger charge is -2.39. The Kier molecular flexibility index (Phi) is 6.10. The van der Waals surface area contributed by atoms with Gasteiger partial charge in [-0.15, -0.1) is 11.3 Å². The van der Waals surface area contributed by atoms with Crippen LogP contribution in [-0.2, 0) is 23.0 Å². The van der Waals surface area contributed by atoms with Crippen LogP contribution in [0.2, 0.25) is 0 Å². The maximum Gasteiger partial charge on any atom is 0.256 e. The van der Waals surface area contributed by atoms with Crippen molar-refractivity contribution >= 4 is 38.2 Å². The zero-order chi connectivity index (χ0) is 26.0. The molecule has 2 aromatic rings. The van der Waals surface area contributed by atoms with Crippen molar-refractivity contribution in [3.8, 4) is 0 Å². The maximum atomic E-state index is 13.5. The number of carbonyl (C=O) groups excluding carboxylic acids is 2. The quantitative estimate of drug-likeness (QED) is 0.612. The Morgan fingerprint density at radius 3 is 2.50 bits per heavy atom. The minimum Gasteiger partial charge on any atom is -0.365 e. The Morgan fingerprint density at radius 1 is 1.14 bits per heavy atom. The summed E-state index contributed by atoms with van der Waals surface area (Å²) in [6.07, 6.45) is 3.46. The van der Waals surface area contributed by atoms with Crippen molar-refractivity contribution in [1.82, 2.24) is 9.21 Å². The maximum absolute atomic E-state index is 13.5. The first kappa shape index (κ1) is 25.4. The van der Waals surface area contributed by atoms with E-state index in [0.29, 0.717) is 35.6 Å². The van der Waals surface area contributed by atoms with Gasteiger partial charge in [0, 0.05) is 36.1 Å². The fourth-order valence-corrected chi connectivity index (χ4v) is 9.76. The molecule has 2 amide bonds. The topological polar surface area (TPSA) is 113 Å². The molecule has 0 radical (unpaired) electrons. The van der Waals surface area contributed by atoms with E-state index in [-0.39, 0.29) is 21.8 Å². The average Bonchev–Trinajstić information content (AvgIpc) is 3.26. The van der Waals surface area contributed by atoms with Crippen molar-refractivity contribution in [2.24, 2.45) is 16.6 Å². The highest BCUT2D eigenvalue weighted by atomic mass is 32.2. The number of anilines is 1. The number of fused-ring (bicyclic) bond motifs is 3. The molecule has 1 aliphatic carbocycles. The molecule has 2 atom stereocenters. The first-order valence-corrected chi connectivity index (χ1v) is 14.6. The van der Waals surface area contributed by atoms with Crippen LogP contribution in [-0.4, -0.2) is 55.6 Å². The summed E-state index contributed by atoms with van der Waals surface area (Å²) in [6.45, 7) is 8.67. The van der Waals surface area contributed by atoms with E-state index in [9.17, 15) is 18.0 Å². The van der Waals surface area contributed by atoms with Crippen LogP contribution in [0.1, 0.15) is 71.2 Å². The Labute approximate surface area is 216 Å². The number of primary amides is 1. The Hall–Kier alpha value is -2.27. The van der Waals surface area contributed by atoms with Crippen LogP contribution in [0.4, 0.5) is 5.00 Å². The molecule has 3 heterocycles. The largest absolute Gasteiger partial charge is 0.365 e. The molecule has 1 aromatic heterocycles. The lowest BCUT2D eigenvalue weighted by molar-refractivity contribution is 0.1000. The molecule has 3 N–H and O–H groups in total. The lowest BCUT2D eigenvalue weighted by Crippen LogP contribution is -2.37. The van der Waals surface area contributed by atoms with E-state index in [4.69, 9.17) is 5.73 Å². The van der Waals surface area contributed by atoms with Crippen LogP contribution in [0.25, 0.3) is 0 Å². The normalized spacial score (nSPS) is 25.9. The third-order valence-electron chi connectivity index (χ3n) is 7.81. The number of hydrogen-bond acceptors (Lipinski definition) is 6. The molecule has 2 aliphatic heterocycles. The zero-order valence-corrected chi connectivity index (χ0v) is 22.9. The van der Waals surface area contributed by atoms with Gasteiger partial charge in [-0.2, -0.15) is 4.31 Å². The molecule has 10 heteroatoms. The van der Waals surface area contributed by atoms with Crippen molar-refractivity contribution in [2.75, 3.05) is 25.5 Å². The Balaban J connectivity index is 1.35. The second-order valence-corrected chi connectivity index (χ2v) is 14.8. The van der Waals surface area contributed by atoms with Crippen LogP contribution >= 0.6 is 11.3 Å². The Bertz CT molecular complexity index is 1330. The summed E-state index contributed by atoms with van der Waals surface area (Å²) in [4.78, 5) is 28.6. The number of amides is 2. The molecule has 1 saturated heterocycles. The molecule has 0 unspecified atom stereocenters. The van der Waals surface area contributed by atoms with E-state index < -0.39 is 21.8 Å². The van der Waals surface area contributed by atoms with Gasteiger partial charge in [0.05, 0.1) is 10.5 Å². The van der Waals surface area contributed by atoms with E-state index in [1.807, 2.05) is 7.05 Å².